The number of Topliss-reactive ketones (excluding diaryl/α,β-unsaturated/α-hetero) is 2. The number of hydrogen-bond acceptors (Lipinski definition) is 12. The highest BCUT2D eigenvalue weighted by Crippen LogP contribution is 2.39. The third-order valence-electron chi connectivity index (χ3n) is 13.1. The molecule has 0 aromatic carbocycles. The van der Waals surface area contributed by atoms with E-state index in [0.717, 1.165) is 12.0 Å². The van der Waals surface area contributed by atoms with Crippen LogP contribution in [0.25, 0.3) is 0 Å². The molecule has 3 N–H and O–H groups in total. The van der Waals surface area contributed by atoms with E-state index in [2.05, 4.69) is 6.92 Å². The second-order valence-electron chi connectivity index (χ2n) is 17.5. The molecule has 2 saturated heterocycles. The molecule has 4 aliphatic rings. The molecule has 0 aromatic rings. The van der Waals surface area contributed by atoms with Crippen molar-refractivity contribution in [3.05, 3.63) is 23.3 Å². The van der Waals surface area contributed by atoms with Crippen molar-refractivity contribution >= 4 is 23.4 Å². The summed E-state index contributed by atoms with van der Waals surface area (Å²) in [5.74, 6) is -7.46. The van der Waals surface area contributed by atoms with Crippen LogP contribution < -0.4 is 0 Å². The smallest absolute Gasteiger partial charge is 0.329 e. The molecule has 1 saturated carbocycles. The molecule has 13 heteroatoms. The molecule has 0 radical (unpaired) electrons. The Balaban J connectivity index is 1.77. The second-order valence-corrected chi connectivity index (χ2v) is 17.5. The van der Waals surface area contributed by atoms with Crippen LogP contribution in [0.15, 0.2) is 23.3 Å². The third-order valence-corrected chi connectivity index (χ3v) is 13.1. The number of hydrogen-bond donors (Lipinski definition) is 3. The quantitative estimate of drug-likeness (QED) is 0.181. The molecule has 324 valence electrons. The van der Waals surface area contributed by atoms with Gasteiger partial charge in [-0.25, -0.2) is 4.79 Å². The maximum atomic E-state index is 14.3. The Morgan fingerprint density at radius 2 is 1.58 bits per heavy atom. The van der Waals surface area contributed by atoms with Gasteiger partial charge in [-0.3, -0.25) is 14.4 Å². The molecule has 14 atom stereocenters. The fourth-order valence-corrected chi connectivity index (χ4v) is 9.60. The Bertz CT molecular complexity index is 1450. The molecule has 0 unspecified atom stereocenters. The molecular formula is C44H71NO12. The van der Waals surface area contributed by atoms with Crippen molar-refractivity contribution in [2.24, 2.45) is 29.6 Å². The van der Waals surface area contributed by atoms with E-state index in [1.165, 1.54) is 19.1 Å². The van der Waals surface area contributed by atoms with Crippen LogP contribution in [0.3, 0.4) is 0 Å². The molecule has 3 heterocycles. The highest BCUT2D eigenvalue weighted by Gasteiger charge is 2.56. The third kappa shape index (κ3) is 11.4. The Kier molecular flexibility index (Phi) is 17.5. The highest BCUT2D eigenvalue weighted by atomic mass is 16.7. The summed E-state index contributed by atoms with van der Waals surface area (Å²) in [6.07, 6.45) is 4.60. The summed E-state index contributed by atoms with van der Waals surface area (Å²) in [7, 11) is 4.64. The predicted molar refractivity (Wildman–Crippen MR) is 213 cm³/mol. The number of nitrogens with zero attached hydrogens (tertiary/aromatic N) is 1. The summed E-state index contributed by atoms with van der Waals surface area (Å²) in [6.45, 7) is 11.4. The number of ketones is 2. The molecular weight excluding hydrogens is 734 g/mol. The normalized spacial score (nSPS) is 41.1. The van der Waals surface area contributed by atoms with Gasteiger partial charge in [-0.15, -0.1) is 0 Å². The first-order valence-corrected chi connectivity index (χ1v) is 21.3. The lowest BCUT2D eigenvalue weighted by Crippen LogP contribution is -2.64. The zero-order chi connectivity index (χ0) is 42.2. The van der Waals surface area contributed by atoms with Crippen molar-refractivity contribution in [2.45, 2.75) is 173 Å². The molecule has 1 aliphatic carbocycles. The van der Waals surface area contributed by atoms with Gasteiger partial charge < -0.3 is 43.9 Å². The molecule has 0 aromatic heterocycles. The largest absolute Gasteiger partial charge is 0.456 e. The topological polar surface area (TPSA) is 178 Å². The number of fused-ring (bicyclic) bond motifs is 3. The number of methoxy groups -OCH3 is 3. The summed E-state index contributed by atoms with van der Waals surface area (Å²) in [5, 5.41) is 34.2. The van der Waals surface area contributed by atoms with Gasteiger partial charge in [0, 0.05) is 52.0 Å². The maximum Gasteiger partial charge on any atom is 0.329 e. The molecule has 2 bridgehead atoms. The minimum atomic E-state index is -2.50. The first kappa shape index (κ1) is 47.2. The van der Waals surface area contributed by atoms with E-state index in [9.17, 15) is 34.5 Å². The highest BCUT2D eigenvalue weighted by molar-refractivity contribution is 6.39. The van der Waals surface area contributed by atoms with Crippen molar-refractivity contribution < 1.29 is 58.2 Å². The molecule has 13 nitrogen and oxygen atoms in total. The van der Waals surface area contributed by atoms with Crippen LogP contribution in [0.2, 0.25) is 0 Å². The number of piperidine rings is 1. The molecule has 4 rings (SSSR count). The lowest BCUT2D eigenvalue weighted by molar-refractivity contribution is -0.302. The van der Waals surface area contributed by atoms with Gasteiger partial charge in [0.05, 0.1) is 30.5 Å². The molecule has 1 amide bonds. The number of carbonyl (C=O) groups is 4. The first-order chi connectivity index (χ1) is 27.0. The van der Waals surface area contributed by atoms with Gasteiger partial charge in [-0.05, 0) is 95.5 Å². The zero-order valence-corrected chi connectivity index (χ0v) is 35.8. The fourth-order valence-electron chi connectivity index (χ4n) is 9.60. The van der Waals surface area contributed by atoms with Crippen LogP contribution in [0.5, 0.6) is 0 Å². The zero-order valence-electron chi connectivity index (χ0n) is 35.8. The summed E-state index contributed by atoms with van der Waals surface area (Å²) < 4.78 is 29.8. The van der Waals surface area contributed by atoms with Crippen LogP contribution in [0.1, 0.15) is 119 Å². The number of amides is 1. The molecule has 3 aliphatic heterocycles. The number of rotatable bonds is 7. The van der Waals surface area contributed by atoms with E-state index < -0.39 is 83.9 Å². The number of carbonyl (C=O) groups excluding carboxylic acids is 4. The average molecular weight is 806 g/mol. The van der Waals surface area contributed by atoms with E-state index in [0.29, 0.717) is 56.9 Å². The van der Waals surface area contributed by atoms with Gasteiger partial charge in [-0.2, -0.15) is 0 Å². The van der Waals surface area contributed by atoms with Gasteiger partial charge in [0.25, 0.3) is 11.7 Å². The average Bonchev–Trinajstić information content (AvgIpc) is 3.18. The van der Waals surface area contributed by atoms with Crippen molar-refractivity contribution in [1.82, 2.24) is 4.90 Å². The van der Waals surface area contributed by atoms with Gasteiger partial charge in [0.1, 0.15) is 24.0 Å². The van der Waals surface area contributed by atoms with E-state index in [4.69, 9.17) is 23.7 Å². The van der Waals surface area contributed by atoms with Gasteiger partial charge in [-0.1, -0.05) is 51.8 Å². The number of ether oxygens (including phenoxy) is 5. The van der Waals surface area contributed by atoms with Crippen molar-refractivity contribution in [3.63, 3.8) is 0 Å². The van der Waals surface area contributed by atoms with Gasteiger partial charge >= 0.3 is 5.97 Å². The SMILES string of the molecule is CCC[C@H]1/C=C(/C)C[C@@H](C)C[C@@H](OC)[C@H]2O[C@@](O)(C(=O)C(=O)N3CCCC[C@@H]3C(=O)O[C@H](/C(C)=C/[C@@H]3CC[C@@H](O)[C@@H](OC)C3)[C@H](C)[C@@H](O)CC1=O)[C@H](C)C[C@H]2OC. The summed E-state index contributed by atoms with van der Waals surface area (Å²) in [6, 6.07) is -1.13. The van der Waals surface area contributed by atoms with Crippen LogP contribution in [0, 0.1) is 29.6 Å². The molecule has 3 fully saturated rings. The van der Waals surface area contributed by atoms with E-state index >= 15 is 0 Å². The van der Waals surface area contributed by atoms with E-state index in [1.54, 1.807) is 21.0 Å². The minimum absolute atomic E-state index is 0.000416. The van der Waals surface area contributed by atoms with Crippen LogP contribution in [-0.2, 0) is 42.9 Å². The van der Waals surface area contributed by atoms with Crippen LogP contribution in [0.4, 0.5) is 0 Å². The Hall–Kier alpha value is -2.52. The molecule has 57 heavy (non-hydrogen) atoms. The van der Waals surface area contributed by atoms with Crippen LogP contribution >= 0.6 is 0 Å². The van der Waals surface area contributed by atoms with Gasteiger partial charge in [0.15, 0.2) is 0 Å². The Labute approximate surface area is 339 Å². The second kappa shape index (κ2) is 21.1. The fraction of sp³-hybridized carbons (Fsp3) is 0.818. The maximum absolute atomic E-state index is 14.3. The number of aliphatic hydroxyl groups is 3. The lowest BCUT2D eigenvalue weighted by atomic mass is 9.81. The van der Waals surface area contributed by atoms with Crippen molar-refractivity contribution in [2.75, 3.05) is 27.9 Å². The van der Waals surface area contributed by atoms with Crippen LogP contribution in [-0.4, -0.2) is 126 Å². The predicted octanol–water partition coefficient (Wildman–Crippen LogP) is 4.86. The lowest BCUT2D eigenvalue weighted by Gasteiger charge is -2.47. The standard InChI is InChI=1S/C44H71NO12/c1-10-13-31-19-25(2)18-26(3)20-37(54-8)40-38(55-9)22-28(5)44(52,57-40)41(49)42(50)45-17-12-11-14-32(45)43(51)56-39(29(6)34(47)24-35(31)48)27(4)21-30-15-16-33(46)36(23-30)53-7/h19,21,26,28-34,36-40,46-47,52H,10-18,20,22-24H2,1-9H3/b25-19-,27-21+/t26-,28-,29-,30+,31+,32-,33-,34+,36+,37-,38-,39-,40-,44-/m1/s1. The minimum Gasteiger partial charge on any atom is -0.456 e. The Morgan fingerprint density at radius 1 is 0.912 bits per heavy atom. The van der Waals surface area contributed by atoms with Crippen molar-refractivity contribution in [1.29, 1.82) is 0 Å². The summed E-state index contributed by atoms with van der Waals surface area (Å²) in [5.41, 5.74) is 1.67. The summed E-state index contributed by atoms with van der Waals surface area (Å²) in [4.78, 5) is 57.9. The van der Waals surface area contributed by atoms with E-state index in [-0.39, 0.29) is 49.5 Å². The van der Waals surface area contributed by atoms with Crippen molar-refractivity contribution in [3.8, 4) is 0 Å². The Morgan fingerprint density at radius 3 is 2.23 bits per heavy atom. The van der Waals surface area contributed by atoms with Gasteiger partial charge in [0.2, 0.25) is 5.79 Å². The number of esters is 1. The number of cyclic esters (lactones) is 1. The summed E-state index contributed by atoms with van der Waals surface area (Å²) >= 11 is 0. The first-order valence-electron chi connectivity index (χ1n) is 21.3. The molecule has 0 spiro atoms. The van der Waals surface area contributed by atoms with E-state index in [1.807, 2.05) is 32.9 Å². The number of allylic oxidation sites excluding steroid dienone is 3. The monoisotopic (exact) mass is 805 g/mol. The number of aliphatic hydroxyl groups excluding tert-OH is 2.